The minimum absolute atomic E-state index is 0.102. The summed E-state index contributed by atoms with van der Waals surface area (Å²) >= 11 is 0. The molecule has 3 heteroatoms. The maximum Gasteiger partial charge on any atom is 0.339 e. The molecule has 0 saturated carbocycles. The van der Waals surface area contributed by atoms with Crippen LogP contribution in [0.3, 0.4) is 0 Å². The number of ether oxygens (including phenoxy) is 1. The average molecular weight is 278 g/mol. The van der Waals surface area contributed by atoms with Gasteiger partial charge in [0.05, 0.1) is 6.10 Å². The Kier molecular flexibility index (Phi) is 7.13. The van der Waals surface area contributed by atoms with E-state index in [0.29, 0.717) is 11.7 Å². The Balaban J connectivity index is 2.80. The van der Waals surface area contributed by atoms with E-state index >= 15 is 0 Å². The number of rotatable bonds is 9. The molecule has 0 spiro atoms. The van der Waals surface area contributed by atoms with Crippen molar-refractivity contribution in [3.05, 3.63) is 29.8 Å². The summed E-state index contributed by atoms with van der Waals surface area (Å²) in [5, 5.41) is 9.20. The molecule has 0 aliphatic carbocycles. The lowest BCUT2D eigenvalue weighted by Crippen LogP contribution is -2.21. The van der Waals surface area contributed by atoms with Gasteiger partial charge in [0.15, 0.2) is 0 Å². The van der Waals surface area contributed by atoms with E-state index in [9.17, 15) is 9.90 Å². The molecule has 2 atom stereocenters. The first kappa shape index (κ1) is 16.5. The number of aromatic carboxylic acids is 1. The summed E-state index contributed by atoms with van der Waals surface area (Å²) in [7, 11) is 0. The summed E-state index contributed by atoms with van der Waals surface area (Å²) in [4.78, 5) is 11.2. The maximum atomic E-state index is 11.2. The van der Waals surface area contributed by atoms with Gasteiger partial charge >= 0.3 is 5.97 Å². The Hall–Kier alpha value is -1.51. The second kappa shape index (κ2) is 8.62. The van der Waals surface area contributed by atoms with Crippen LogP contribution >= 0.6 is 0 Å². The third kappa shape index (κ3) is 5.24. The lowest BCUT2D eigenvalue weighted by Gasteiger charge is -2.22. The minimum atomic E-state index is -0.932. The second-order valence-corrected chi connectivity index (χ2v) is 5.43. The lowest BCUT2D eigenvalue weighted by molar-refractivity contribution is 0.0686. The fourth-order valence-corrected chi connectivity index (χ4v) is 2.20. The summed E-state index contributed by atoms with van der Waals surface area (Å²) in [5.41, 5.74) is 0.248. The van der Waals surface area contributed by atoms with Crippen LogP contribution in [0.1, 0.15) is 63.2 Å². The van der Waals surface area contributed by atoms with Gasteiger partial charge in [-0.25, -0.2) is 4.79 Å². The van der Waals surface area contributed by atoms with E-state index in [4.69, 9.17) is 4.74 Å². The summed E-state index contributed by atoms with van der Waals surface area (Å²) in [6, 6.07) is 6.89. The zero-order valence-electron chi connectivity index (χ0n) is 12.8. The van der Waals surface area contributed by atoms with Crippen LogP contribution in [0.4, 0.5) is 0 Å². The smallest absolute Gasteiger partial charge is 0.339 e. The van der Waals surface area contributed by atoms with Crippen LogP contribution < -0.4 is 4.74 Å². The molecule has 0 bridgehead atoms. The molecule has 0 radical (unpaired) electrons. The molecule has 0 heterocycles. The van der Waals surface area contributed by atoms with Gasteiger partial charge in [-0.3, -0.25) is 0 Å². The van der Waals surface area contributed by atoms with Crippen molar-refractivity contribution in [3.63, 3.8) is 0 Å². The highest BCUT2D eigenvalue weighted by molar-refractivity contribution is 5.90. The van der Waals surface area contributed by atoms with Crippen molar-refractivity contribution in [2.75, 3.05) is 0 Å². The SMILES string of the molecule is CCCCC(CC(C)CC)Oc1ccccc1C(=O)O. The zero-order chi connectivity index (χ0) is 15.0. The first-order valence-corrected chi connectivity index (χ1v) is 7.57. The van der Waals surface area contributed by atoms with Gasteiger partial charge in [-0.15, -0.1) is 0 Å². The topological polar surface area (TPSA) is 46.5 Å². The predicted molar refractivity (Wildman–Crippen MR) is 81.4 cm³/mol. The maximum absolute atomic E-state index is 11.2. The molecule has 1 aromatic rings. The van der Waals surface area contributed by atoms with Crippen LogP contribution in [-0.4, -0.2) is 17.2 Å². The highest BCUT2D eigenvalue weighted by Gasteiger charge is 2.17. The van der Waals surface area contributed by atoms with Crippen molar-refractivity contribution < 1.29 is 14.6 Å². The number of para-hydroxylation sites is 1. The Morgan fingerprint density at radius 3 is 2.60 bits per heavy atom. The fourth-order valence-electron chi connectivity index (χ4n) is 2.20. The molecule has 1 aromatic carbocycles. The van der Waals surface area contributed by atoms with E-state index in [2.05, 4.69) is 20.8 Å². The number of unbranched alkanes of at least 4 members (excludes halogenated alkanes) is 1. The van der Waals surface area contributed by atoms with Crippen LogP contribution in [0, 0.1) is 5.92 Å². The lowest BCUT2D eigenvalue weighted by atomic mass is 9.97. The van der Waals surface area contributed by atoms with Gasteiger partial charge < -0.3 is 9.84 Å². The minimum Gasteiger partial charge on any atom is -0.490 e. The molecule has 1 N–H and O–H groups in total. The molecule has 0 saturated heterocycles. The Morgan fingerprint density at radius 1 is 1.30 bits per heavy atom. The van der Waals surface area contributed by atoms with Gasteiger partial charge in [-0.2, -0.15) is 0 Å². The van der Waals surface area contributed by atoms with Crippen molar-refractivity contribution in [2.45, 2.75) is 59.0 Å². The molecule has 0 aliphatic heterocycles. The fraction of sp³-hybridized carbons (Fsp3) is 0.588. The number of hydrogen-bond donors (Lipinski definition) is 1. The molecular formula is C17H26O3. The molecule has 0 amide bonds. The average Bonchev–Trinajstić information content (AvgIpc) is 2.44. The number of benzene rings is 1. The first-order valence-electron chi connectivity index (χ1n) is 7.57. The van der Waals surface area contributed by atoms with Crippen molar-refractivity contribution in [3.8, 4) is 5.75 Å². The van der Waals surface area contributed by atoms with Crippen LogP contribution in [0.5, 0.6) is 5.75 Å². The quantitative estimate of drug-likeness (QED) is 0.708. The zero-order valence-corrected chi connectivity index (χ0v) is 12.8. The Labute approximate surface area is 122 Å². The van der Waals surface area contributed by atoms with E-state index in [1.54, 1.807) is 18.2 Å². The van der Waals surface area contributed by atoms with Crippen molar-refractivity contribution in [1.29, 1.82) is 0 Å². The Morgan fingerprint density at radius 2 is 2.00 bits per heavy atom. The number of carboxylic acid groups (broad SMARTS) is 1. The predicted octanol–water partition coefficient (Wildman–Crippen LogP) is 4.76. The van der Waals surface area contributed by atoms with Gasteiger partial charge in [-0.1, -0.05) is 52.2 Å². The Bertz CT molecular complexity index is 414. The van der Waals surface area contributed by atoms with Gasteiger partial charge in [0.2, 0.25) is 0 Å². The van der Waals surface area contributed by atoms with E-state index in [1.807, 2.05) is 6.07 Å². The van der Waals surface area contributed by atoms with Gasteiger partial charge in [0, 0.05) is 0 Å². The summed E-state index contributed by atoms with van der Waals surface area (Å²) in [6.07, 6.45) is 5.41. The molecule has 0 aliphatic rings. The number of carboxylic acids is 1. The van der Waals surface area contributed by atoms with Gasteiger partial charge in [0.1, 0.15) is 11.3 Å². The third-order valence-electron chi connectivity index (χ3n) is 3.65. The van der Waals surface area contributed by atoms with Crippen LogP contribution in [0.25, 0.3) is 0 Å². The highest BCUT2D eigenvalue weighted by atomic mass is 16.5. The summed E-state index contributed by atoms with van der Waals surface area (Å²) in [5.74, 6) is 0.150. The van der Waals surface area contributed by atoms with Crippen molar-refractivity contribution >= 4 is 5.97 Å². The first-order chi connectivity index (χ1) is 9.58. The van der Waals surface area contributed by atoms with Crippen LogP contribution in [0.2, 0.25) is 0 Å². The summed E-state index contributed by atoms with van der Waals surface area (Å²) in [6.45, 7) is 6.55. The van der Waals surface area contributed by atoms with Crippen molar-refractivity contribution in [2.24, 2.45) is 5.92 Å². The van der Waals surface area contributed by atoms with E-state index in [1.165, 1.54) is 0 Å². The van der Waals surface area contributed by atoms with Crippen LogP contribution in [0.15, 0.2) is 24.3 Å². The van der Waals surface area contributed by atoms with E-state index in [0.717, 1.165) is 32.1 Å². The van der Waals surface area contributed by atoms with Crippen molar-refractivity contribution in [1.82, 2.24) is 0 Å². The number of carbonyl (C=O) groups is 1. The monoisotopic (exact) mass is 278 g/mol. The summed E-state index contributed by atoms with van der Waals surface area (Å²) < 4.78 is 6.00. The van der Waals surface area contributed by atoms with Crippen LogP contribution in [-0.2, 0) is 0 Å². The molecule has 2 unspecified atom stereocenters. The molecular weight excluding hydrogens is 252 g/mol. The highest BCUT2D eigenvalue weighted by Crippen LogP contribution is 2.24. The molecule has 112 valence electrons. The van der Waals surface area contributed by atoms with Gasteiger partial charge in [0.25, 0.3) is 0 Å². The molecule has 0 aromatic heterocycles. The van der Waals surface area contributed by atoms with Gasteiger partial charge in [-0.05, 0) is 30.9 Å². The number of hydrogen-bond acceptors (Lipinski definition) is 2. The third-order valence-corrected chi connectivity index (χ3v) is 3.65. The second-order valence-electron chi connectivity index (χ2n) is 5.43. The molecule has 3 nitrogen and oxygen atoms in total. The van der Waals surface area contributed by atoms with E-state index in [-0.39, 0.29) is 11.7 Å². The molecule has 1 rings (SSSR count). The standard InChI is InChI=1S/C17H26O3/c1-4-6-9-14(12-13(3)5-2)20-16-11-8-7-10-15(16)17(18)19/h7-8,10-11,13-14H,4-6,9,12H2,1-3H3,(H,18,19). The molecule has 0 fully saturated rings. The normalized spacial score (nSPS) is 13.8. The molecule has 20 heavy (non-hydrogen) atoms. The van der Waals surface area contributed by atoms with E-state index < -0.39 is 5.97 Å². The largest absolute Gasteiger partial charge is 0.490 e.